The topological polar surface area (TPSA) is 169 Å². The summed E-state index contributed by atoms with van der Waals surface area (Å²) in [6.07, 6.45) is 35.3. The lowest BCUT2D eigenvalue weighted by Crippen LogP contribution is -2.30. The molecule has 54 heavy (non-hydrogen) atoms. The van der Waals surface area contributed by atoms with Crippen LogP contribution in [0.4, 0.5) is 0 Å². The standard InChI is InChI=1S/C42H75O11P/c1-3-5-7-9-11-13-15-17-19-21-23-25-27-30-38(44)31-29-33-42(47)53-40(37-52-54(48,49)51-35-39(45)34-43)36-50-41(46)32-28-26-24-22-20-18-16-14-12-10-8-6-4-2/h11,13,17,19,23,25,27,30,38-40,43-45H,3-10,12,14-16,18,20-22,24,26,28-29,31-37H2,1-2H3,(H,48,49)/b13-11+,19-17+,25-23+,30-27+. The van der Waals surface area contributed by atoms with E-state index in [-0.39, 0.29) is 19.4 Å². The fraction of sp³-hybridized carbons (Fsp3) is 0.762. The molecule has 0 aliphatic rings. The normalized spacial score (nSPS) is 15.0. The number of carbonyl (C=O) groups is 2. The van der Waals surface area contributed by atoms with Crippen LogP contribution in [0.5, 0.6) is 0 Å². The molecule has 0 heterocycles. The maximum atomic E-state index is 12.6. The van der Waals surface area contributed by atoms with Crippen molar-refractivity contribution in [1.82, 2.24) is 0 Å². The third-order valence-electron chi connectivity index (χ3n) is 8.59. The van der Waals surface area contributed by atoms with Gasteiger partial charge in [0.25, 0.3) is 0 Å². The molecule has 314 valence electrons. The molecule has 12 heteroatoms. The molecule has 0 bridgehead atoms. The molecule has 11 nitrogen and oxygen atoms in total. The summed E-state index contributed by atoms with van der Waals surface area (Å²) in [6, 6.07) is 0. The van der Waals surface area contributed by atoms with Crippen LogP contribution in [0.1, 0.15) is 162 Å². The van der Waals surface area contributed by atoms with Crippen LogP contribution in [0.15, 0.2) is 48.6 Å². The van der Waals surface area contributed by atoms with E-state index in [4.69, 9.17) is 19.1 Å². The minimum atomic E-state index is -4.67. The van der Waals surface area contributed by atoms with E-state index < -0.39 is 57.9 Å². The number of unbranched alkanes of at least 4 members (excludes halogenated alkanes) is 15. The van der Waals surface area contributed by atoms with Crippen LogP contribution in [0.2, 0.25) is 0 Å². The summed E-state index contributed by atoms with van der Waals surface area (Å²) in [5.41, 5.74) is 0. The second kappa shape index (κ2) is 37.8. The fourth-order valence-electron chi connectivity index (χ4n) is 5.33. The Bertz CT molecular complexity index is 1060. The third-order valence-corrected chi connectivity index (χ3v) is 9.54. The van der Waals surface area contributed by atoms with Gasteiger partial charge in [0.05, 0.1) is 25.9 Å². The molecule has 0 aromatic carbocycles. The molecule has 0 aliphatic heterocycles. The minimum Gasteiger partial charge on any atom is -0.462 e. The second-order valence-corrected chi connectivity index (χ2v) is 15.3. The van der Waals surface area contributed by atoms with Gasteiger partial charge in [-0.1, -0.05) is 152 Å². The average molecular weight is 787 g/mol. The number of aliphatic hydroxyl groups excluding tert-OH is 3. The van der Waals surface area contributed by atoms with E-state index in [1.54, 1.807) is 12.2 Å². The van der Waals surface area contributed by atoms with E-state index >= 15 is 0 Å². The van der Waals surface area contributed by atoms with Gasteiger partial charge < -0.3 is 29.7 Å². The maximum absolute atomic E-state index is 12.6. The molecule has 0 saturated carbocycles. The van der Waals surface area contributed by atoms with Crippen LogP contribution in [0.3, 0.4) is 0 Å². The van der Waals surface area contributed by atoms with Gasteiger partial charge in [-0.3, -0.25) is 18.6 Å². The quantitative estimate of drug-likeness (QED) is 0.0155. The molecule has 0 fully saturated rings. The Hall–Kier alpha value is -2.11. The van der Waals surface area contributed by atoms with Crippen molar-refractivity contribution in [3.8, 4) is 0 Å². The van der Waals surface area contributed by atoms with Gasteiger partial charge in [-0.2, -0.15) is 0 Å². The molecule has 4 unspecified atom stereocenters. The smallest absolute Gasteiger partial charge is 0.462 e. The number of phosphoric ester groups is 1. The average Bonchev–Trinajstić information content (AvgIpc) is 3.15. The zero-order valence-corrected chi connectivity index (χ0v) is 34.4. The number of hydrogen-bond acceptors (Lipinski definition) is 10. The number of aliphatic hydroxyl groups is 3. The van der Waals surface area contributed by atoms with Crippen molar-refractivity contribution >= 4 is 19.8 Å². The van der Waals surface area contributed by atoms with E-state index in [1.807, 2.05) is 12.2 Å². The number of rotatable bonds is 38. The summed E-state index contributed by atoms with van der Waals surface area (Å²) in [4.78, 5) is 34.9. The number of hydrogen-bond donors (Lipinski definition) is 4. The van der Waals surface area contributed by atoms with Crippen molar-refractivity contribution in [2.24, 2.45) is 0 Å². The summed E-state index contributed by atoms with van der Waals surface area (Å²) < 4.78 is 32.5. The van der Waals surface area contributed by atoms with Crippen LogP contribution in [-0.2, 0) is 32.7 Å². The van der Waals surface area contributed by atoms with Crippen LogP contribution in [-0.4, -0.2) is 76.9 Å². The summed E-state index contributed by atoms with van der Waals surface area (Å²) in [5, 5.41) is 28.6. The number of carbonyl (C=O) groups excluding carboxylic acids is 2. The Morgan fingerprint density at radius 2 is 1.17 bits per heavy atom. The molecule has 0 rings (SSSR count). The van der Waals surface area contributed by atoms with E-state index in [0.717, 1.165) is 38.5 Å². The van der Waals surface area contributed by atoms with Gasteiger partial charge in [0, 0.05) is 12.8 Å². The molecule has 0 amide bonds. The van der Waals surface area contributed by atoms with Crippen LogP contribution >= 0.6 is 7.82 Å². The van der Waals surface area contributed by atoms with Gasteiger partial charge in [0.1, 0.15) is 12.7 Å². The van der Waals surface area contributed by atoms with Crippen LogP contribution < -0.4 is 0 Å². The van der Waals surface area contributed by atoms with Crippen LogP contribution in [0.25, 0.3) is 0 Å². The monoisotopic (exact) mass is 787 g/mol. The van der Waals surface area contributed by atoms with Gasteiger partial charge in [0.15, 0.2) is 6.10 Å². The highest BCUT2D eigenvalue weighted by atomic mass is 31.2. The summed E-state index contributed by atoms with van der Waals surface area (Å²) in [5.74, 6) is -1.13. The first kappa shape index (κ1) is 51.9. The number of ether oxygens (including phenoxy) is 2. The summed E-state index contributed by atoms with van der Waals surface area (Å²) in [7, 11) is -4.67. The van der Waals surface area contributed by atoms with Crippen molar-refractivity contribution in [3.63, 3.8) is 0 Å². The molecule has 0 saturated heterocycles. The predicted octanol–water partition coefficient (Wildman–Crippen LogP) is 9.53. The van der Waals surface area contributed by atoms with Gasteiger partial charge in [-0.15, -0.1) is 0 Å². The fourth-order valence-corrected chi connectivity index (χ4v) is 6.12. The summed E-state index contributed by atoms with van der Waals surface area (Å²) >= 11 is 0. The van der Waals surface area contributed by atoms with Crippen LogP contribution in [0, 0.1) is 0 Å². The van der Waals surface area contributed by atoms with Gasteiger partial charge in [0.2, 0.25) is 0 Å². The van der Waals surface area contributed by atoms with E-state index in [0.29, 0.717) is 19.3 Å². The lowest BCUT2D eigenvalue weighted by molar-refractivity contribution is -0.161. The lowest BCUT2D eigenvalue weighted by Gasteiger charge is -2.20. The maximum Gasteiger partial charge on any atom is 0.472 e. The van der Waals surface area contributed by atoms with Crippen molar-refractivity contribution in [1.29, 1.82) is 0 Å². The highest BCUT2D eigenvalue weighted by molar-refractivity contribution is 7.47. The Kier molecular flexibility index (Phi) is 36.3. The second-order valence-electron chi connectivity index (χ2n) is 13.9. The molecular weight excluding hydrogens is 711 g/mol. The molecule has 0 aliphatic carbocycles. The largest absolute Gasteiger partial charge is 0.472 e. The highest BCUT2D eigenvalue weighted by Crippen LogP contribution is 2.43. The number of esters is 2. The molecule has 0 aromatic heterocycles. The first-order valence-electron chi connectivity index (χ1n) is 20.7. The first-order valence-corrected chi connectivity index (χ1v) is 22.2. The Labute approximate surface area is 326 Å². The Balaban J connectivity index is 4.54. The molecule has 4 atom stereocenters. The first-order chi connectivity index (χ1) is 26.1. The predicted molar refractivity (Wildman–Crippen MR) is 216 cm³/mol. The minimum absolute atomic E-state index is 0.0437. The van der Waals surface area contributed by atoms with E-state index in [1.165, 1.54) is 77.0 Å². The summed E-state index contributed by atoms with van der Waals surface area (Å²) in [6.45, 7) is 2.12. The highest BCUT2D eigenvalue weighted by Gasteiger charge is 2.27. The van der Waals surface area contributed by atoms with E-state index in [9.17, 15) is 29.3 Å². The molecule has 0 spiro atoms. The zero-order chi connectivity index (χ0) is 40.0. The third kappa shape index (κ3) is 36.8. The molecule has 0 radical (unpaired) electrons. The Morgan fingerprint density at radius 3 is 1.80 bits per heavy atom. The SMILES string of the molecule is CCCCC/C=C/C/C=C/C/C=C/C=C/C(O)CCCC(=O)OC(COC(=O)CCCCCCCCCCCCCCC)COP(=O)(O)OCC(O)CO. The van der Waals surface area contributed by atoms with E-state index in [2.05, 4.69) is 42.7 Å². The van der Waals surface area contributed by atoms with Gasteiger partial charge >= 0.3 is 19.8 Å². The molecular formula is C42H75O11P. The zero-order valence-electron chi connectivity index (χ0n) is 33.5. The van der Waals surface area contributed by atoms with Crippen molar-refractivity contribution in [3.05, 3.63) is 48.6 Å². The Morgan fingerprint density at radius 1 is 0.630 bits per heavy atom. The lowest BCUT2D eigenvalue weighted by atomic mass is 10.0. The van der Waals surface area contributed by atoms with Gasteiger partial charge in [-0.05, 0) is 44.9 Å². The number of allylic oxidation sites excluding steroid dienone is 7. The van der Waals surface area contributed by atoms with Crippen molar-refractivity contribution in [2.45, 2.75) is 180 Å². The van der Waals surface area contributed by atoms with Crippen molar-refractivity contribution < 1.29 is 52.9 Å². The number of phosphoric acid groups is 1. The van der Waals surface area contributed by atoms with Crippen molar-refractivity contribution in [2.75, 3.05) is 26.4 Å². The van der Waals surface area contributed by atoms with Gasteiger partial charge in [-0.25, -0.2) is 4.57 Å². The molecule has 0 aromatic rings. The molecule has 4 N–H and O–H groups in total.